The van der Waals surface area contributed by atoms with Crippen LogP contribution in [0.3, 0.4) is 0 Å². The van der Waals surface area contributed by atoms with Crippen LogP contribution in [0.25, 0.3) is 5.69 Å². The molecule has 0 aliphatic heterocycles. The van der Waals surface area contributed by atoms with E-state index in [2.05, 4.69) is 5.10 Å². The molecule has 0 saturated carbocycles. The molecule has 0 saturated heterocycles. The Bertz CT molecular complexity index is 717. The number of Topliss-reactive ketones (excluding diaryl/α,β-unsaturated/α-hetero) is 1. The maximum Gasteiger partial charge on any atom is 0.294 e. The van der Waals surface area contributed by atoms with Gasteiger partial charge in [-0.15, -0.1) is 0 Å². The van der Waals surface area contributed by atoms with E-state index in [1.807, 2.05) is 51.1 Å². The number of amides is 1. The highest BCUT2D eigenvalue weighted by molar-refractivity contribution is 6.43. The Morgan fingerprint density at radius 3 is 2.35 bits per heavy atom. The zero-order valence-electron chi connectivity index (χ0n) is 14.3. The number of ketones is 1. The Kier molecular flexibility index (Phi) is 4.98. The summed E-state index contributed by atoms with van der Waals surface area (Å²) >= 11 is 0. The highest BCUT2D eigenvalue weighted by Gasteiger charge is 2.27. The monoisotopic (exact) mass is 313 g/mol. The molecular weight excluding hydrogens is 290 g/mol. The van der Waals surface area contributed by atoms with Crippen molar-refractivity contribution in [1.29, 1.82) is 0 Å². The van der Waals surface area contributed by atoms with Gasteiger partial charge in [0.1, 0.15) is 0 Å². The van der Waals surface area contributed by atoms with Crippen LogP contribution in [0.4, 0.5) is 0 Å². The van der Waals surface area contributed by atoms with E-state index >= 15 is 0 Å². The summed E-state index contributed by atoms with van der Waals surface area (Å²) in [6.45, 7) is 8.15. The number of para-hydroxylation sites is 1. The van der Waals surface area contributed by atoms with Crippen LogP contribution in [0.1, 0.15) is 35.6 Å². The number of benzene rings is 1. The second-order valence-corrected chi connectivity index (χ2v) is 6.20. The first-order valence-electron chi connectivity index (χ1n) is 7.74. The molecule has 5 heteroatoms. The van der Waals surface area contributed by atoms with Crippen molar-refractivity contribution in [2.75, 3.05) is 13.6 Å². The molecule has 2 rings (SSSR count). The Morgan fingerprint density at radius 2 is 1.78 bits per heavy atom. The standard InChI is InChI=1S/C18H23N3O2/c1-12(2)11-20(5)18(23)17(22)16-13(3)19-21(14(16)4)15-9-7-6-8-10-15/h6-10,12H,11H2,1-5H3. The van der Waals surface area contributed by atoms with Crippen LogP contribution in [-0.4, -0.2) is 40.0 Å². The number of rotatable bonds is 5. The Morgan fingerprint density at radius 1 is 1.17 bits per heavy atom. The maximum absolute atomic E-state index is 12.6. The minimum absolute atomic E-state index is 0.311. The molecule has 0 aliphatic carbocycles. The molecular formula is C18H23N3O2. The van der Waals surface area contributed by atoms with Crippen molar-refractivity contribution in [1.82, 2.24) is 14.7 Å². The number of hydrogen-bond acceptors (Lipinski definition) is 3. The van der Waals surface area contributed by atoms with Gasteiger partial charge in [-0.3, -0.25) is 9.59 Å². The summed E-state index contributed by atoms with van der Waals surface area (Å²) < 4.78 is 1.71. The zero-order chi connectivity index (χ0) is 17.1. The first-order chi connectivity index (χ1) is 10.8. The average Bonchev–Trinajstić information content (AvgIpc) is 2.81. The number of aryl methyl sites for hydroxylation is 1. The largest absolute Gasteiger partial charge is 0.339 e. The summed E-state index contributed by atoms with van der Waals surface area (Å²) in [7, 11) is 1.66. The van der Waals surface area contributed by atoms with Crippen molar-refractivity contribution in [3.05, 3.63) is 47.3 Å². The first-order valence-corrected chi connectivity index (χ1v) is 7.74. The van der Waals surface area contributed by atoms with Gasteiger partial charge in [0.2, 0.25) is 0 Å². The van der Waals surface area contributed by atoms with E-state index in [0.717, 1.165) is 5.69 Å². The van der Waals surface area contributed by atoms with Crippen molar-refractivity contribution >= 4 is 11.7 Å². The molecule has 0 atom stereocenters. The Balaban J connectivity index is 2.35. The Hall–Kier alpha value is -2.43. The van der Waals surface area contributed by atoms with Gasteiger partial charge in [-0.2, -0.15) is 5.10 Å². The minimum atomic E-state index is -0.495. The van der Waals surface area contributed by atoms with Gasteiger partial charge < -0.3 is 4.90 Å². The second kappa shape index (κ2) is 6.77. The van der Waals surface area contributed by atoms with E-state index in [0.29, 0.717) is 29.4 Å². The van der Waals surface area contributed by atoms with E-state index in [1.54, 1.807) is 18.7 Å². The van der Waals surface area contributed by atoms with Crippen LogP contribution in [-0.2, 0) is 4.79 Å². The van der Waals surface area contributed by atoms with Crippen LogP contribution >= 0.6 is 0 Å². The molecule has 0 bridgehead atoms. The molecule has 1 amide bonds. The lowest BCUT2D eigenvalue weighted by molar-refractivity contribution is -0.125. The third-order valence-corrected chi connectivity index (χ3v) is 3.70. The normalized spacial score (nSPS) is 10.9. The summed E-state index contributed by atoms with van der Waals surface area (Å²) in [6.07, 6.45) is 0. The van der Waals surface area contributed by atoms with E-state index in [-0.39, 0.29) is 0 Å². The molecule has 122 valence electrons. The third kappa shape index (κ3) is 3.50. The van der Waals surface area contributed by atoms with Gasteiger partial charge in [-0.1, -0.05) is 32.0 Å². The topological polar surface area (TPSA) is 55.2 Å². The van der Waals surface area contributed by atoms with Crippen LogP contribution in [0, 0.1) is 19.8 Å². The second-order valence-electron chi connectivity index (χ2n) is 6.20. The SMILES string of the molecule is Cc1nn(-c2ccccc2)c(C)c1C(=O)C(=O)N(C)CC(C)C. The number of aromatic nitrogens is 2. The van der Waals surface area contributed by atoms with E-state index in [9.17, 15) is 9.59 Å². The number of carbonyl (C=O) groups excluding carboxylic acids is 2. The molecule has 0 unspecified atom stereocenters. The molecule has 1 heterocycles. The summed E-state index contributed by atoms with van der Waals surface area (Å²) in [5.41, 5.74) is 2.53. The quantitative estimate of drug-likeness (QED) is 0.630. The maximum atomic E-state index is 12.6. The van der Waals surface area contributed by atoms with Gasteiger partial charge in [-0.05, 0) is 31.9 Å². The average molecular weight is 313 g/mol. The molecule has 2 aromatic rings. The van der Waals surface area contributed by atoms with Gasteiger partial charge in [0.15, 0.2) is 0 Å². The lowest BCUT2D eigenvalue weighted by Gasteiger charge is -2.18. The fourth-order valence-electron chi connectivity index (χ4n) is 2.70. The van der Waals surface area contributed by atoms with E-state index in [1.165, 1.54) is 4.90 Å². The molecule has 5 nitrogen and oxygen atoms in total. The van der Waals surface area contributed by atoms with Crippen LogP contribution in [0.2, 0.25) is 0 Å². The van der Waals surface area contributed by atoms with Crippen LogP contribution < -0.4 is 0 Å². The van der Waals surface area contributed by atoms with Crippen molar-refractivity contribution < 1.29 is 9.59 Å². The van der Waals surface area contributed by atoms with Gasteiger partial charge in [-0.25, -0.2) is 4.68 Å². The lowest BCUT2D eigenvalue weighted by Crippen LogP contribution is -2.36. The van der Waals surface area contributed by atoms with Crippen molar-refractivity contribution in [3.63, 3.8) is 0 Å². The molecule has 0 aliphatic rings. The Labute approximate surface area is 136 Å². The predicted octanol–water partition coefficient (Wildman–Crippen LogP) is 2.79. The van der Waals surface area contributed by atoms with Gasteiger partial charge in [0.25, 0.3) is 11.7 Å². The summed E-state index contributed by atoms with van der Waals surface area (Å²) in [6, 6.07) is 9.58. The minimum Gasteiger partial charge on any atom is -0.339 e. The fourth-order valence-corrected chi connectivity index (χ4v) is 2.70. The lowest BCUT2D eigenvalue weighted by atomic mass is 10.1. The number of likely N-dealkylation sites (N-methyl/N-ethyl adjacent to an activating group) is 1. The highest BCUT2D eigenvalue weighted by atomic mass is 16.2. The molecule has 1 aromatic heterocycles. The first kappa shape index (κ1) is 16.9. The fraction of sp³-hybridized carbons (Fsp3) is 0.389. The third-order valence-electron chi connectivity index (χ3n) is 3.70. The van der Waals surface area contributed by atoms with Crippen LogP contribution in [0.15, 0.2) is 30.3 Å². The number of nitrogens with zero attached hydrogens (tertiary/aromatic N) is 3. The summed E-state index contributed by atoms with van der Waals surface area (Å²) in [5.74, 6) is -0.672. The molecule has 0 spiro atoms. The van der Waals surface area contributed by atoms with Gasteiger partial charge in [0, 0.05) is 13.6 Å². The van der Waals surface area contributed by atoms with E-state index in [4.69, 9.17) is 0 Å². The zero-order valence-corrected chi connectivity index (χ0v) is 14.3. The van der Waals surface area contributed by atoms with Gasteiger partial charge >= 0.3 is 0 Å². The smallest absolute Gasteiger partial charge is 0.294 e. The summed E-state index contributed by atoms with van der Waals surface area (Å²) in [4.78, 5) is 26.5. The van der Waals surface area contributed by atoms with Crippen molar-refractivity contribution in [3.8, 4) is 5.69 Å². The van der Waals surface area contributed by atoms with Crippen molar-refractivity contribution in [2.24, 2.45) is 5.92 Å². The molecule has 0 fully saturated rings. The van der Waals surface area contributed by atoms with Crippen LogP contribution in [0.5, 0.6) is 0 Å². The highest BCUT2D eigenvalue weighted by Crippen LogP contribution is 2.19. The molecule has 23 heavy (non-hydrogen) atoms. The molecule has 1 aromatic carbocycles. The van der Waals surface area contributed by atoms with Crippen molar-refractivity contribution in [2.45, 2.75) is 27.7 Å². The summed E-state index contributed by atoms with van der Waals surface area (Å²) in [5, 5.41) is 4.43. The van der Waals surface area contributed by atoms with Gasteiger partial charge in [0.05, 0.1) is 22.6 Å². The number of carbonyl (C=O) groups is 2. The predicted molar refractivity (Wildman–Crippen MR) is 89.8 cm³/mol. The molecule has 0 radical (unpaired) electrons. The van der Waals surface area contributed by atoms with E-state index < -0.39 is 11.7 Å². The number of hydrogen-bond donors (Lipinski definition) is 0. The molecule has 0 N–H and O–H groups in total.